The van der Waals surface area contributed by atoms with Gasteiger partial charge in [0, 0.05) is 11.5 Å². The molecule has 0 heterocycles. The Kier molecular flexibility index (Phi) is 3.72. The minimum Gasteiger partial charge on any atom is -0.496 e. The van der Waals surface area contributed by atoms with E-state index in [1.54, 1.807) is 7.11 Å². The molecule has 2 atom stereocenters. The highest BCUT2D eigenvalue weighted by Crippen LogP contribution is 2.43. The molecule has 0 radical (unpaired) electrons. The first-order valence-corrected chi connectivity index (χ1v) is 7.02. The molecule has 3 N–H and O–H groups in total. The van der Waals surface area contributed by atoms with Crippen LogP contribution in [-0.4, -0.2) is 7.11 Å². The molecule has 1 aliphatic rings. The van der Waals surface area contributed by atoms with Crippen LogP contribution >= 0.6 is 0 Å². The van der Waals surface area contributed by atoms with E-state index in [2.05, 4.69) is 35.8 Å². The zero-order valence-corrected chi connectivity index (χ0v) is 11.7. The SMILES string of the molecule is COc1ccccc1C(NN)C1CCc2ccccc21. The Morgan fingerprint density at radius 1 is 1.15 bits per heavy atom. The minimum absolute atomic E-state index is 0.0785. The Labute approximate surface area is 119 Å². The van der Waals surface area contributed by atoms with E-state index in [1.807, 2.05) is 18.2 Å². The van der Waals surface area contributed by atoms with E-state index in [0.717, 1.165) is 24.2 Å². The fourth-order valence-electron chi connectivity index (χ4n) is 3.28. The smallest absolute Gasteiger partial charge is 0.123 e. The van der Waals surface area contributed by atoms with Crippen LogP contribution in [0, 0.1) is 0 Å². The second kappa shape index (κ2) is 5.65. The van der Waals surface area contributed by atoms with Crippen LogP contribution in [0.2, 0.25) is 0 Å². The molecule has 0 saturated carbocycles. The molecule has 3 rings (SSSR count). The zero-order chi connectivity index (χ0) is 13.9. The molecule has 2 unspecified atom stereocenters. The van der Waals surface area contributed by atoms with E-state index in [9.17, 15) is 0 Å². The van der Waals surface area contributed by atoms with Crippen LogP contribution < -0.4 is 16.0 Å². The van der Waals surface area contributed by atoms with Gasteiger partial charge in [-0.05, 0) is 30.0 Å². The molecule has 2 aromatic carbocycles. The van der Waals surface area contributed by atoms with Crippen molar-refractivity contribution in [1.29, 1.82) is 0 Å². The monoisotopic (exact) mass is 268 g/mol. The molecule has 1 aliphatic carbocycles. The lowest BCUT2D eigenvalue weighted by Crippen LogP contribution is -2.32. The molecule has 0 aromatic heterocycles. The maximum Gasteiger partial charge on any atom is 0.123 e. The molecule has 0 spiro atoms. The number of methoxy groups -OCH3 is 1. The summed E-state index contributed by atoms with van der Waals surface area (Å²) in [7, 11) is 1.70. The van der Waals surface area contributed by atoms with Gasteiger partial charge < -0.3 is 4.74 Å². The molecule has 104 valence electrons. The Balaban J connectivity index is 1.99. The quantitative estimate of drug-likeness (QED) is 0.662. The van der Waals surface area contributed by atoms with E-state index in [4.69, 9.17) is 10.6 Å². The Bertz CT molecular complexity index is 597. The van der Waals surface area contributed by atoms with Crippen LogP contribution in [0.3, 0.4) is 0 Å². The number of hydrogen-bond donors (Lipinski definition) is 2. The van der Waals surface area contributed by atoms with Gasteiger partial charge in [0.2, 0.25) is 0 Å². The average Bonchev–Trinajstić information content (AvgIpc) is 2.93. The predicted octanol–water partition coefficient (Wildman–Crippen LogP) is 2.93. The van der Waals surface area contributed by atoms with Crippen molar-refractivity contribution in [3.63, 3.8) is 0 Å². The van der Waals surface area contributed by atoms with E-state index < -0.39 is 0 Å². The van der Waals surface area contributed by atoms with E-state index in [-0.39, 0.29) is 6.04 Å². The van der Waals surface area contributed by atoms with Gasteiger partial charge in [-0.25, -0.2) is 0 Å². The number of hydrazine groups is 1. The summed E-state index contributed by atoms with van der Waals surface area (Å²) >= 11 is 0. The standard InChI is InChI=1S/C17H20N2O/c1-20-16-9-5-4-8-15(16)17(19-18)14-11-10-12-6-2-3-7-13(12)14/h2-9,14,17,19H,10-11,18H2,1H3. The summed E-state index contributed by atoms with van der Waals surface area (Å²) < 4.78 is 5.48. The second-order valence-corrected chi connectivity index (χ2v) is 5.23. The first-order chi connectivity index (χ1) is 9.85. The average molecular weight is 268 g/mol. The second-order valence-electron chi connectivity index (χ2n) is 5.23. The summed E-state index contributed by atoms with van der Waals surface area (Å²) in [5.41, 5.74) is 6.96. The summed E-state index contributed by atoms with van der Waals surface area (Å²) in [6.45, 7) is 0. The van der Waals surface area contributed by atoms with Crippen molar-refractivity contribution in [2.75, 3.05) is 7.11 Å². The number of benzene rings is 2. The summed E-state index contributed by atoms with van der Waals surface area (Å²) in [6, 6.07) is 16.8. The topological polar surface area (TPSA) is 47.3 Å². The lowest BCUT2D eigenvalue weighted by atomic mass is 9.88. The van der Waals surface area contributed by atoms with Crippen molar-refractivity contribution < 1.29 is 4.74 Å². The Morgan fingerprint density at radius 2 is 1.90 bits per heavy atom. The van der Waals surface area contributed by atoms with Gasteiger partial charge in [0.1, 0.15) is 5.75 Å². The van der Waals surface area contributed by atoms with Gasteiger partial charge in [0.25, 0.3) is 0 Å². The maximum atomic E-state index is 5.86. The van der Waals surface area contributed by atoms with Gasteiger partial charge in [0.05, 0.1) is 13.2 Å². The molecule has 0 aliphatic heterocycles. The summed E-state index contributed by atoms with van der Waals surface area (Å²) in [6.07, 6.45) is 2.24. The first-order valence-electron chi connectivity index (χ1n) is 7.02. The van der Waals surface area contributed by atoms with E-state index in [0.29, 0.717) is 5.92 Å². The van der Waals surface area contributed by atoms with Crippen LogP contribution in [0.1, 0.15) is 35.1 Å². The lowest BCUT2D eigenvalue weighted by molar-refractivity contribution is 0.385. The van der Waals surface area contributed by atoms with Crippen LogP contribution in [0.25, 0.3) is 0 Å². The predicted molar refractivity (Wildman–Crippen MR) is 80.6 cm³/mol. The van der Waals surface area contributed by atoms with Gasteiger partial charge in [-0.3, -0.25) is 11.3 Å². The number of hydrogen-bond acceptors (Lipinski definition) is 3. The molecule has 0 amide bonds. The van der Waals surface area contributed by atoms with Gasteiger partial charge in [-0.1, -0.05) is 42.5 Å². The maximum absolute atomic E-state index is 5.86. The van der Waals surface area contributed by atoms with Gasteiger partial charge in [0.15, 0.2) is 0 Å². The summed E-state index contributed by atoms with van der Waals surface area (Å²) in [4.78, 5) is 0. The minimum atomic E-state index is 0.0785. The number of nitrogens with two attached hydrogens (primary N) is 1. The molecule has 20 heavy (non-hydrogen) atoms. The molecule has 0 bridgehead atoms. The summed E-state index contributed by atoms with van der Waals surface area (Å²) in [5.74, 6) is 7.14. The number of fused-ring (bicyclic) bond motifs is 1. The lowest BCUT2D eigenvalue weighted by Gasteiger charge is -2.25. The number of rotatable bonds is 4. The van der Waals surface area contributed by atoms with Gasteiger partial charge in [-0.15, -0.1) is 0 Å². The van der Waals surface area contributed by atoms with Crippen molar-refractivity contribution in [3.8, 4) is 5.75 Å². The van der Waals surface area contributed by atoms with Gasteiger partial charge >= 0.3 is 0 Å². The Hall–Kier alpha value is -1.84. The summed E-state index contributed by atoms with van der Waals surface area (Å²) in [5, 5.41) is 0. The number of nitrogens with one attached hydrogen (secondary N) is 1. The highest BCUT2D eigenvalue weighted by Gasteiger charge is 2.31. The van der Waals surface area contributed by atoms with Gasteiger partial charge in [-0.2, -0.15) is 0 Å². The molecule has 0 saturated heterocycles. The van der Waals surface area contributed by atoms with Crippen LogP contribution in [0.5, 0.6) is 5.75 Å². The van der Waals surface area contributed by atoms with Crippen molar-refractivity contribution in [2.45, 2.75) is 24.8 Å². The number of ether oxygens (including phenoxy) is 1. The molecular weight excluding hydrogens is 248 g/mol. The third-order valence-corrected chi connectivity index (χ3v) is 4.24. The van der Waals surface area contributed by atoms with E-state index in [1.165, 1.54) is 11.1 Å². The fourth-order valence-corrected chi connectivity index (χ4v) is 3.28. The zero-order valence-electron chi connectivity index (χ0n) is 11.7. The molecule has 0 fully saturated rings. The van der Waals surface area contributed by atoms with Crippen molar-refractivity contribution in [2.24, 2.45) is 5.84 Å². The molecule has 2 aromatic rings. The van der Waals surface area contributed by atoms with Crippen LogP contribution in [-0.2, 0) is 6.42 Å². The third-order valence-electron chi connectivity index (χ3n) is 4.24. The highest BCUT2D eigenvalue weighted by molar-refractivity contribution is 5.42. The Morgan fingerprint density at radius 3 is 2.70 bits per heavy atom. The van der Waals surface area contributed by atoms with Crippen LogP contribution in [0.15, 0.2) is 48.5 Å². The molecular formula is C17H20N2O. The highest BCUT2D eigenvalue weighted by atomic mass is 16.5. The molecule has 3 heteroatoms. The number of aryl methyl sites for hydroxylation is 1. The number of para-hydroxylation sites is 1. The van der Waals surface area contributed by atoms with Crippen molar-refractivity contribution in [1.82, 2.24) is 5.43 Å². The third kappa shape index (κ3) is 2.19. The van der Waals surface area contributed by atoms with E-state index >= 15 is 0 Å². The molecule has 3 nitrogen and oxygen atoms in total. The normalized spacial score (nSPS) is 18.6. The van der Waals surface area contributed by atoms with Crippen molar-refractivity contribution in [3.05, 3.63) is 65.2 Å². The van der Waals surface area contributed by atoms with Crippen LogP contribution in [0.4, 0.5) is 0 Å². The fraction of sp³-hybridized carbons (Fsp3) is 0.294. The first kappa shape index (κ1) is 13.2. The van der Waals surface area contributed by atoms with Crippen molar-refractivity contribution >= 4 is 0 Å². The largest absolute Gasteiger partial charge is 0.496 e.